The number of aromatic nitrogens is 1. The molecule has 0 saturated carbocycles. The number of hydrogen-bond acceptors (Lipinski definition) is 7. The Hall–Kier alpha value is -2.23. The number of aromatic carboxylic acids is 1. The SMILES string of the molecule is CC1(Nc2cc(C(=O)O)c([N+](=O)[O-])cn2)CCS(=O)(=O)C1. The van der Waals surface area contributed by atoms with Crippen molar-refractivity contribution in [1.82, 2.24) is 4.98 Å². The van der Waals surface area contributed by atoms with Gasteiger partial charge in [-0.05, 0) is 13.3 Å². The van der Waals surface area contributed by atoms with Crippen molar-refractivity contribution in [3.8, 4) is 0 Å². The first-order chi connectivity index (χ1) is 9.62. The van der Waals surface area contributed by atoms with Crippen LogP contribution in [0.4, 0.5) is 11.5 Å². The second-order valence-electron chi connectivity index (χ2n) is 5.18. The molecule has 1 aliphatic rings. The summed E-state index contributed by atoms with van der Waals surface area (Å²) in [7, 11) is -3.14. The maximum absolute atomic E-state index is 11.5. The first kappa shape index (κ1) is 15.2. The minimum absolute atomic E-state index is 0.0370. The third-order valence-electron chi connectivity index (χ3n) is 3.24. The highest BCUT2D eigenvalue weighted by Crippen LogP contribution is 2.28. The molecule has 1 aromatic rings. The van der Waals surface area contributed by atoms with Gasteiger partial charge in [0.2, 0.25) is 0 Å². The number of sulfone groups is 1. The normalized spacial score (nSPS) is 23.7. The smallest absolute Gasteiger partial charge is 0.342 e. The molecule has 2 N–H and O–H groups in total. The van der Waals surface area contributed by atoms with Crippen molar-refractivity contribution in [2.24, 2.45) is 0 Å². The lowest BCUT2D eigenvalue weighted by atomic mass is 10.0. The van der Waals surface area contributed by atoms with Crippen molar-refractivity contribution in [1.29, 1.82) is 0 Å². The number of pyridine rings is 1. The van der Waals surface area contributed by atoms with Gasteiger partial charge in [-0.1, -0.05) is 0 Å². The Morgan fingerprint density at radius 3 is 2.71 bits per heavy atom. The van der Waals surface area contributed by atoms with Crippen molar-refractivity contribution in [3.63, 3.8) is 0 Å². The molecule has 1 saturated heterocycles. The zero-order chi connectivity index (χ0) is 15.8. The summed E-state index contributed by atoms with van der Waals surface area (Å²) in [5.74, 6) is -1.41. The number of nitrogens with zero attached hydrogens (tertiary/aromatic N) is 2. The third-order valence-corrected chi connectivity index (χ3v) is 5.15. The van der Waals surface area contributed by atoms with E-state index in [-0.39, 0.29) is 17.3 Å². The lowest BCUT2D eigenvalue weighted by Crippen LogP contribution is -2.36. The van der Waals surface area contributed by atoms with Gasteiger partial charge in [0.15, 0.2) is 9.84 Å². The zero-order valence-electron chi connectivity index (χ0n) is 11.1. The predicted molar refractivity (Wildman–Crippen MR) is 73.1 cm³/mol. The number of nitro groups is 1. The minimum Gasteiger partial charge on any atom is -0.477 e. The summed E-state index contributed by atoms with van der Waals surface area (Å²) < 4.78 is 23.0. The van der Waals surface area contributed by atoms with Gasteiger partial charge in [0, 0.05) is 6.07 Å². The highest BCUT2D eigenvalue weighted by molar-refractivity contribution is 7.91. The highest BCUT2D eigenvalue weighted by Gasteiger charge is 2.38. The van der Waals surface area contributed by atoms with Crippen molar-refractivity contribution in [2.45, 2.75) is 18.9 Å². The summed E-state index contributed by atoms with van der Waals surface area (Å²) in [5, 5.41) is 22.6. The minimum atomic E-state index is -3.14. The Morgan fingerprint density at radius 1 is 1.57 bits per heavy atom. The van der Waals surface area contributed by atoms with Crippen LogP contribution < -0.4 is 5.32 Å². The molecule has 9 nitrogen and oxygen atoms in total. The van der Waals surface area contributed by atoms with Crippen LogP contribution in [0.5, 0.6) is 0 Å². The first-order valence-corrected chi connectivity index (χ1v) is 7.80. The first-order valence-electron chi connectivity index (χ1n) is 5.98. The van der Waals surface area contributed by atoms with Gasteiger partial charge in [-0.3, -0.25) is 10.1 Å². The van der Waals surface area contributed by atoms with Crippen molar-refractivity contribution in [3.05, 3.63) is 27.9 Å². The van der Waals surface area contributed by atoms with Crippen LogP contribution >= 0.6 is 0 Å². The maximum atomic E-state index is 11.5. The van der Waals surface area contributed by atoms with Gasteiger partial charge in [-0.15, -0.1) is 0 Å². The summed E-state index contributed by atoms with van der Waals surface area (Å²) in [6.07, 6.45) is 1.20. The van der Waals surface area contributed by atoms with Crippen LogP contribution in [0.1, 0.15) is 23.7 Å². The van der Waals surface area contributed by atoms with E-state index in [1.807, 2.05) is 0 Å². The fraction of sp³-hybridized carbons (Fsp3) is 0.455. The Bertz CT molecular complexity index is 717. The molecule has 0 aliphatic carbocycles. The molecule has 114 valence electrons. The van der Waals surface area contributed by atoms with Crippen LogP contribution in [0.15, 0.2) is 12.3 Å². The van der Waals surface area contributed by atoms with Gasteiger partial charge in [0.25, 0.3) is 0 Å². The van der Waals surface area contributed by atoms with Gasteiger partial charge in [-0.2, -0.15) is 0 Å². The van der Waals surface area contributed by atoms with Gasteiger partial charge in [0.05, 0.1) is 22.0 Å². The average Bonchev–Trinajstić information content (AvgIpc) is 2.62. The second-order valence-corrected chi connectivity index (χ2v) is 7.36. The quantitative estimate of drug-likeness (QED) is 0.610. The summed E-state index contributed by atoms with van der Waals surface area (Å²) in [4.78, 5) is 24.7. The Balaban J connectivity index is 2.32. The summed E-state index contributed by atoms with van der Waals surface area (Å²) in [6, 6.07) is 1.04. The second kappa shape index (κ2) is 4.95. The zero-order valence-corrected chi connectivity index (χ0v) is 11.9. The fourth-order valence-electron chi connectivity index (χ4n) is 2.25. The van der Waals surface area contributed by atoms with Crippen molar-refractivity contribution in [2.75, 3.05) is 16.8 Å². The van der Waals surface area contributed by atoms with E-state index < -0.39 is 37.5 Å². The number of nitrogens with one attached hydrogen (secondary N) is 1. The molecule has 2 heterocycles. The van der Waals surface area contributed by atoms with Gasteiger partial charge < -0.3 is 10.4 Å². The van der Waals surface area contributed by atoms with E-state index in [0.29, 0.717) is 6.42 Å². The Morgan fingerprint density at radius 2 is 2.24 bits per heavy atom. The van der Waals surface area contributed by atoms with E-state index in [2.05, 4.69) is 10.3 Å². The molecule has 1 atom stereocenters. The number of carboxylic acid groups (broad SMARTS) is 1. The van der Waals surface area contributed by atoms with E-state index in [4.69, 9.17) is 5.11 Å². The molecule has 2 rings (SSSR count). The van der Waals surface area contributed by atoms with Gasteiger partial charge >= 0.3 is 11.7 Å². The molecular weight excluding hydrogens is 302 g/mol. The van der Waals surface area contributed by atoms with Crippen LogP contribution in [0.25, 0.3) is 0 Å². The van der Waals surface area contributed by atoms with E-state index in [1.54, 1.807) is 6.92 Å². The largest absolute Gasteiger partial charge is 0.477 e. The van der Waals surface area contributed by atoms with Crippen LogP contribution in [0.2, 0.25) is 0 Å². The maximum Gasteiger partial charge on any atom is 0.342 e. The molecule has 10 heteroatoms. The van der Waals surface area contributed by atoms with Crippen LogP contribution in [0.3, 0.4) is 0 Å². The third kappa shape index (κ3) is 3.27. The number of hydrogen-bond donors (Lipinski definition) is 2. The molecule has 1 fully saturated rings. The van der Waals surface area contributed by atoms with Crippen LogP contribution in [-0.2, 0) is 9.84 Å². The highest BCUT2D eigenvalue weighted by atomic mass is 32.2. The molecule has 1 aromatic heterocycles. The number of carbonyl (C=O) groups is 1. The summed E-state index contributed by atoms with van der Waals surface area (Å²) in [6.45, 7) is 1.68. The van der Waals surface area contributed by atoms with Crippen molar-refractivity contribution >= 4 is 27.3 Å². The predicted octanol–water partition coefficient (Wildman–Crippen LogP) is 0.677. The topological polar surface area (TPSA) is 140 Å². The standard InChI is InChI=1S/C11H13N3O6S/c1-11(2-3-21(19,20)6-11)13-9-4-7(10(15)16)8(5-12-9)14(17)18/h4-5H,2-3,6H2,1H3,(H,12,13)(H,15,16). The number of anilines is 1. The number of rotatable bonds is 4. The molecule has 0 amide bonds. The summed E-state index contributed by atoms with van der Waals surface area (Å²) >= 11 is 0. The molecular formula is C11H13N3O6S. The summed E-state index contributed by atoms with van der Waals surface area (Å²) in [5.41, 5.74) is -1.88. The Labute approximate surface area is 120 Å². The monoisotopic (exact) mass is 315 g/mol. The average molecular weight is 315 g/mol. The fourth-order valence-corrected chi connectivity index (χ4v) is 4.34. The lowest BCUT2D eigenvalue weighted by molar-refractivity contribution is -0.385. The molecule has 0 aromatic carbocycles. The molecule has 1 unspecified atom stereocenters. The molecule has 0 bridgehead atoms. The molecule has 1 aliphatic heterocycles. The number of carboxylic acids is 1. The van der Waals surface area contributed by atoms with E-state index in [0.717, 1.165) is 12.3 Å². The van der Waals surface area contributed by atoms with Gasteiger partial charge in [-0.25, -0.2) is 18.2 Å². The molecule has 0 spiro atoms. The Kier molecular flexibility index (Phi) is 3.58. The van der Waals surface area contributed by atoms with Crippen LogP contribution in [0, 0.1) is 10.1 Å². The van der Waals surface area contributed by atoms with E-state index in [9.17, 15) is 23.3 Å². The molecule has 21 heavy (non-hydrogen) atoms. The van der Waals surface area contributed by atoms with E-state index in [1.165, 1.54) is 0 Å². The van der Waals surface area contributed by atoms with Gasteiger partial charge in [0.1, 0.15) is 17.6 Å². The lowest BCUT2D eigenvalue weighted by Gasteiger charge is -2.24. The van der Waals surface area contributed by atoms with Crippen LogP contribution in [-0.4, -0.2) is 46.4 Å². The molecule has 0 radical (unpaired) electrons. The van der Waals surface area contributed by atoms with Crippen molar-refractivity contribution < 1.29 is 23.2 Å². The van der Waals surface area contributed by atoms with E-state index >= 15 is 0 Å².